The van der Waals surface area contributed by atoms with E-state index in [2.05, 4.69) is 24.1 Å². The van der Waals surface area contributed by atoms with E-state index in [1.165, 1.54) is 0 Å². The SMILES string of the molecule is CCC[C@H]1C=CCN1C(=O)c1ccc(-c2cccc(C#N)n2)cc1. The zero-order chi connectivity index (χ0) is 16.9. The van der Waals surface area contributed by atoms with Crippen LogP contribution >= 0.6 is 0 Å². The van der Waals surface area contributed by atoms with Crippen molar-refractivity contribution in [2.24, 2.45) is 0 Å². The van der Waals surface area contributed by atoms with Crippen molar-refractivity contribution in [3.63, 3.8) is 0 Å². The quantitative estimate of drug-likeness (QED) is 0.806. The minimum atomic E-state index is 0.0590. The van der Waals surface area contributed by atoms with Gasteiger partial charge in [0.25, 0.3) is 5.91 Å². The van der Waals surface area contributed by atoms with E-state index >= 15 is 0 Å². The van der Waals surface area contributed by atoms with E-state index < -0.39 is 0 Å². The molecule has 0 saturated carbocycles. The number of pyridine rings is 1. The van der Waals surface area contributed by atoms with Gasteiger partial charge in [0.2, 0.25) is 0 Å². The molecule has 0 spiro atoms. The van der Waals surface area contributed by atoms with E-state index in [0.717, 1.165) is 24.1 Å². The number of hydrogen-bond donors (Lipinski definition) is 0. The third-order valence-electron chi connectivity index (χ3n) is 4.20. The summed E-state index contributed by atoms with van der Waals surface area (Å²) >= 11 is 0. The van der Waals surface area contributed by atoms with Crippen LogP contribution in [0.5, 0.6) is 0 Å². The second kappa shape index (κ2) is 7.10. The van der Waals surface area contributed by atoms with Gasteiger partial charge in [0.15, 0.2) is 0 Å². The lowest BCUT2D eigenvalue weighted by atomic mass is 10.1. The minimum Gasteiger partial charge on any atom is -0.328 e. The second-order valence-electron chi connectivity index (χ2n) is 5.84. The largest absolute Gasteiger partial charge is 0.328 e. The van der Waals surface area contributed by atoms with Crippen molar-refractivity contribution < 1.29 is 4.79 Å². The fourth-order valence-corrected chi connectivity index (χ4v) is 2.96. The van der Waals surface area contributed by atoms with Gasteiger partial charge in [0.05, 0.1) is 11.7 Å². The maximum absolute atomic E-state index is 12.7. The maximum Gasteiger partial charge on any atom is 0.254 e. The lowest BCUT2D eigenvalue weighted by molar-refractivity contribution is 0.0744. The van der Waals surface area contributed by atoms with Gasteiger partial charge in [0.1, 0.15) is 11.8 Å². The Hall–Kier alpha value is -2.93. The topological polar surface area (TPSA) is 57.0 Å². The van der Waals surface area contributed by atoms with Gasteiger partial charge in [-0.1, -0.05) is 43.7 Å². The summed E-state index contributed by atoms with van der Waals surface area (Å²) in [5.41, 5.74) is 2.70. The average molecular weight is 317 g/mol. The Balaban J connectivity index is 1.79. The number of aromatic nitrogens is 1. The zero-order valence-electron chi connectivity index (χ0n) is 13.6. The summed E-state index contributed by atoms with van der Waals surface area (Å²) in [6.07, 6.45) is 6.22. The second-order valence-corrected chi connectivity index (χ2v) is 5.84. The lowest BCUT2D eigenvalue weighted by Crippen LogP contribution is -2.35. The first-order valence-electron chi connectivity index (χ1n) is 8.18. The number of rotatable bonds is 4. The molecule has 0 saturated heterocycles. The molecule has 0 radical (unpaired) electrons. The smallest absolute Gasteiger partial charge is 0.254 e. The van der Waals surface area contributed by atoms with Gasteiger partial charge < -0.3 is 4.90 Å². The maximum atomic E-state index is 12.7. The molecule has 0 unspecified atom stereocenters. The molecule has 1 aromatic carbocycles. The van der Waals surface area contributed by atoms with Gasteiger partial charge in [-0.25, -0.2) is 4.98 Å². The Morgan fingerprint density at radius 2 is 2.08 bits per heavy atom. The first-order valence-corrected chi connectivity index (χ1v) is 8.18. The normalized spacial score (nSPS) is 16.2. The van der Waals surface area contributed by atoms with Crippen molar-refractivity contribution in [2.75, 3.05) is 6.54 Å². The molecule has 2 aromatic rings. The predicted molar refractivity (Wildman–Crippen MR) is 93.3 cm³/mol. The molecule has 1 aromatic heterocycles. The zero-order valence-corrected chi connectivity index (χ0v) is 13.6. The van der Waals surface area contributed by atoms with E-state index in [4.69, 9.17) is 5.26 Å². The molecular formula is C20H19N3O. The van der Waals surface area contributed by atoms with Crippen molar-refractivity contribution in [2.45, 2.75) is 25.8 Å². The molecule has 0 aliphatic carbocycles. The fourth-order valence-electron chi connectivity index (χ4n) is 2.96. The van der Waals surface area contributed by atoms with Crippen molar-refractivity contribution >= 4 is 5.91 Å². The Labute approximate surface area is 142 Å². The van der Waals surface area contributed by atoms with Crippen LogP contribution in [-0.2, 0) is 0 Å². The van der Waals surface area contributed by atoms with Gasteiger partial charge in [-0.3, -0.25) is 4.79 Å². The summed E-state index contributed by atoms with van der Waals surface area (Å²) in [6.45, 7) is 2.81. The number of carbonyl (C=O) groups excluding carboxylic acids is 1. The summed E-state index contributed by atoms with van der Waals surface area (Å²) in [5.74, 6) is 0.0590. The van der Waals surface area contributed by atoms with Crippen LogP contribution in [0.1, 0.15) is 35.8 Å². The van der Waals surface area contributed by atoms with E-state index in [-0.39, 0.29) is 11.9 Å². The van der Waals surface area contributed by atoms with E-state index in [1.54, 1.807) is 6.07 Å². The summed E-state index contributed by atoms with van der Waals surface area (Å²) < 4.78 is 0. The summed E-state index contributed by atoms with van der Waals surface area (Å²) in [7, 11) is 0. The van der Waals surface area contributed by atoms with Crippen molar-refractivity contribution in [3.05, 3.63) is 65.9 Å². The summed E-state index contributed by atoms with van der Waals surface area (Å²) in [5, 5.41) is 8.95. The number of hydrogen-bond acceptors (Lipinski definition) is 3. The first-order chi connectivity index (χ1) is 11.7. The van der Waals surface area contributed by atoms with Crippen molar-refractivity contribution in [3.8, 4) is 17.3 Å². The van der Waals surface area contributed by atoms with E-state index in [9.17, 15) is 4.79 Å². The van der Waals surface area contributed by atoms with Crippen LogP contribution in [0.15, 0.2) is 54.6 Å². The monoisotopic (exact) mass is 317 g/mol. The summed E-state index contributed by atoms with van der Waals surface area (Å²) in [6, 6.07) is 15.0. The number of nitrogens with zero attached hydrogens (tertiary/aromatic N) is 3. The Bertz CT molecular complexity index is 802. The molecule has 120 valence electrons. The highest BCUT2D eigenvalue weighted by Gasteiger charge is 2.24. The van der Waals surface area contributed by atoms with Crippen LogP contribution in [0.3, 0.4) is 0 Å². The fraction of sp³-hybridized carbons (Fsp3) is 0.250. The molecule has 0 bridgehead atoms. The number of benzene rings is 1. The molecule has 1 aliphatic heterocycles. The highest BCUT2D eigenvalue weighted by molar-refractivity contribution is 5.95. The Morgan fingerprint density at radius 3 is 2.79 bits per heavy atom. The Morgan fingerprint density at radius 1 is 1.29 bits per heavy atom. The number of carbonyl (C=O) groups is 1. The van der Waals surface area contributed by atoms with Gasteiger partial charge in [0, 0.05) is 17.7 Å². The molecule has 0 N–H and O–H groups in total. The van der Waals surface area contributed by atoms with Gasteiger partial charge >= 0.3 is 0 Å². The number of amides is 1. The van der Waals surface area contributed by atoms with Crippen LogP contribution in [0.25, 0.3) is 11.3 Å². The first kappa shape index (κ1) is 15.9. The molecular weight excluding hydrogens is 298 g/mol. The molecule has 4 nitrogen and oxygen atoms in total. The molecule has 1 aliphatic rings. The molecule has 1 atom stereocenters. The van der Waals surface area contributed by atoms with Crippen LogP contribution in [-0.4, -0.2) is 28.4 Å². The predicted octanol–water partition coefficient (Wildman–Crippen LogP) is 3.80. The third kappa shape index (κ3) is 3.21. The van der Waals surface area contributed by atoms with Crippen molar-refractivity contribution in [1.82, 2.24) is 9.88 Å². The summed E-state index contributed by atoms with van der Waals surface area (Å²) in [4.78, 5) is 18.9. The molecule has 3 rings (SSSR count). The van der Waals surface area contributed by atoms with Gasteiger partial charge in [-0.15, -0.1) is 0 Å². The van der Waals surface area contributed by atoms with Crippen LogP contribution in [0, 0.1) is 11.3 Å². The molecule has 24 heavy (non-hydrogen) atoms. The highest BCUT2D eigenvalue weighted by atomic mass is 16.2. The van der Waals surface area contributed by atoms with E-state index in [0.29, 0.717) is 17.8 Å². The average Bonchev–Trinajstić information content (AvgIpc) is 3.10. The third-order valence-corrected chi connectivity index (χ3v) is 4.20. The molecule has 2 heterocycles. The standard InChI is InChI=1S/C20H19N3O/c1-2-5-18-7-4-13-23(18)20(24)16-11-9-15(10-12-16)19-8-3-6-17(14-21)22-19/h3-4,6-12,18H,2,5,13H2,1H3/t18-/m0/s1. The van der Waals surface area contributed by atoms with Crippen LogP contribution < -0.4 is 0 Å². The van der Waals surface area contributed by atoms with Gasteiger partial charge in [-0.05, 0) is 30.7 Å². The number of nitriles is 1. The van der Waals surface area contributed by atoms with E-state index in [1.807, 2.05) is 47.4 Å². The molecule has 4 heteroatoms. The molecule has 0 fully saturated rings. The van der Waals surface area contributed by atoms with Gasteiger partial charge in [-0.2, -0.15) is 5.26 Å². The van der Waals surface area contributed by atoms with Crippen LogP contribution in [0.2, 0.25) is 0 Å². The highest BCUT2D eigenvalue weighted by Crippen LogP contribution is 2.21. The Kier molecular flexibility index (Phi) is 4.72. The van der Waals surface area contributed by atoms with Crippen LogP contribution in [0.4, 0.5) is 0 Å². The minimum absolute atomic E-state index is 0.0590. The van der Waals surface area contributed by atoms with Crippen molar-refractivity contribution in [1.29, 1.82) is 5.26 Å². The lowest BCUT2D eigenvalue weighted by Gasteiger charge is -2.24. The molecule has 1 amide bonds.